The van der Waals surface area contributed by atoms with Crippen LogP contribution in [0.15, 0.2) is 18.2 Å². The van der Waals surface area contributed by atoms with E-state index in [1.807, 2.05) is 13.8 Å². The van der Waals surface area contributed by atoms with E-state index in [1.165, 1.54) is 12.1 Å². The number of benzene rings is 1. The maximum absolute atomic E-state index is 13.1. The molecule has 0 aliphatic heterocycles. The third kappa shape index (κ3) is 3.56. The van der Waals surface area contributed by atoms with E-state index in [2.05, 4.69) is 12.2 Å². The molecule has 0 heterocycles. The summed E-state index contributed by atoms with van der Waals surface area (Å²) in [6, 6.07) is 3.71. The van der Waals surface area contributed by atoms with E-state index >= 15 is 0 Å². The van der Waals surface area contributed by atoms with Crippen LogP contribution in [-0.4, -0.2) is 6.54 Å². The van der Waals surface area contributed by atoms with Crippen molar-refractivity contribution in [3.8, 4) is 0 Å². The minimum absolute atomic E-state index is 0.00477. The van der Waals surface area contributed by atoms with Gasteiger partial charge in [-0.2, -0.15) is 0 Å². The van der Waals surface area contributed by atoms with Crippen molar-refractivity contribution in [2.75, 3.05) is 6.54 Å². The number of rotatable bonds is 5. The second-order valence-corrected chi connectivity index (χ2v) is 4.38. The first-order valence-electron chi connectivity index (χ1n) is 5.74. The van der Waals surface area contributed by atoms with Crippen LogP contribution in [0, 0.1) is 17.6 Å². The molecule has 0 aliphatic rings. The Balaban J connectivity index is 2.91. The zero-order valence-electron chi connectivity index (χ0n) is 10.1. The minimum atomic E-state index is -0.515. The first kappa shape index (κ1) is 13.1. The second-order valence-electron chi connectivity index (χ2n) is 4.38. The van der Waals surface area contributed by atoms with Gasteiger partial charge in [0.25, 0.3) is 0 Å². The van der Waals surface area contributed by atoms with Gasteiger partial charge in [-0.15, -0.1) is 0 Å². The van der Waals surface area contributed by atoms with Crippen LogP contribution < -0.4 is 5.32 Å². The first-order chi connectivity index (χ1) is 7.54. The van der Waals surface area contributed by atoms with Crippen LogP contribution in [0.3, 0.4) is 0 Å². The molecule has 0 bridgehead atoms. The summed E-state index contributed by atoms with van der Waals surface area (Å²) in [4.78, 5) is 0. The van der Waals surface area contributed by atoms with E-state index in [1.54, 1.807) is 0 Å². The quantitative estimate of drug-likeness (QED) is 0.809. The fourth-order valence-electron chi connectivity index (χ4n) is 1.79. The molecule has 90 valence electrons. The summed E-state index contributed by atoms with van der Waals surface area (Å²) in [6.45, 7) is 6.99. The summed E-state index contributed by atoms with van der Waals surface area (Å²) >= 11 is 0. The van der Waals surface area contributed by atoms with Gasteiger partial charge in [-0.05, 0) is 36.6 Å². The molecular weight excluding hydrogens is 208 g/mol. The second kappa shape index (κ2) is 5.94. The van der Waals surface area contributed by atoms with E-state index < -0.39 is 11.6 Å². The topological polar surface area (TPSA) is 12.0 Å². The number of hydrogen-bond donors (Lipinski definition) is 1. The molecule has 0 radical (unpaired) electrons. The van der Waals surface area contributed by atoms with E-state index in [4.69, 9.17) is 0 Å². The molecule has 0 fully saturated rings. The highest BCUT2D eigenvalue weighted by Gasteiger charge is 2.16. The highest BCUT2D eigenvalue weighted by Crippen LogP contribution is 2.23. The maximum atomic E-state index is 13.1. The fraction of sp³-hybridized carbons (Fsp3) is 0.538. The highest BCUT2D eigenvalue weighted by atomic mass is 19.1. The van der Waals surface area contributed by atoms with Gasteiger partial charge in [0.2, 0.25) is 0 Å². The molecule has 1 N–H and O–H groups in total. The Morgan fingerprint density at radius 1 is 1.12 bits per heavy atom. The number of halogens is 2. The van der Waals surface area contributed by atoms with Gasteiger partial charge in [-0.1, -0.05) is 20.8 Å². The summed E-state index contributed by atoms with van der Waals surface area (Å²) in [5.74, 6) is -0.731. The average molecular weight is 227 g/mol. The summed E-state index contributed by atoms with van der Waals surface area (Å²) in [7, 11) is 0. The van der Waals surface area contributed by atoms with Crippen molar-refractivity contribution in [2.24, 2.45) is 5.92 Å². The molecule has 0 aliphatic carbocycles. The van der Waals surface area contributed by atoms with Crippen molar-refractivity contribution in [3.05, 3.63) is 35.4 Å². The molecule has 0 aromatic heterocycles. The standard InChI is InChI=1S/C13H19F2N/c1-4-5-16-13(9(2)3)10-6-11(14)8-12(15)7-10/h6-9,13,16H,4-5H2,1-3H3. The molecule has 3 heteroatoms. The number of nitrogens with one attached hydrogen (secondary N) is 1. The van der Waals surface area contributed by atoms with Crippen molar-refractivity contribution in [3.63, 3.8) is 0 Å². The Morgan fingerprint density at radius 3 is 2.12 bits per heavy atom. The van der Waals surface area contributed by atoms with Crippen molar-refractivity contribution >= 4 is 0 Å². The molecule has 16 heavy (non-hydrogen) atoms. The van der Waals surface area contributed by atoms with E-state index in [0.29, 0.717) is 11.5 Å². The van der Waals surface area contributed by atoms with Crippen LogP contribution >= 0.6 is 0 Å². The average Bonchev–Trinajstić information content (AvgIpc) is 2.16. The van der Waals surface area contributed by atoms with Crippen molar-refractivity contribution < 1.29 is 8.78 Å². The molecule has 1 aromatic rings. The lowest BCUT2D eigenvalue weighted by Gasteiger charge is -2.22. The van der Waals surface area contributed by atoms with Gasteiger partial charge >= 0.3 is 0 Å². The summed E-state index contributed by atoms with van der Waals surface area (Å²) < 4.78 is 26.2. The summed E-state index contributed by atoms with van der Waals surface area (Å²) in [5, 5.41) is 3.31. The summed E-state index contributed by atoms with van der Waals surface area (Å²) in [6.07, 6.45) is 1.00. The molecular formula is C13H19F2N. The van der Waals surface area contributed by atoms with Crippen LogP contribution in [0.25, 0.3) is 0 Å². The lowest BCUT2D eigenvalue weighted by molar-refractivity contribution is 0.409. The van der Waals surface area contributed by atoms with Crippen molar-refractivity contribution in [2.45, 2.75) is 33.2 Å². The zero-order valence-corrected chi connectivity index (χ0v) is 10.1. The number of hydrogen-bond acceptors (Lipinski definition) is 1. The molecule has 0 amide bonds. The van der Waals surface area contributed by atoms with Crippen LogP contribution in [0.5, 0.6) is 0 Å². The third-order valence-electron chi connectivity index (χ3n) is 2.52. The van der Waals surface area contributed by atoms with Crippen LogP contribution in [0.4, 0.5) is 8.78 Å². The van der Waals surface area contributed by atoms with Gasteiger partial charge in [0.1, 0.15) is 11.6 Å². The lowest BCUT2D eigenvalue weighted by atomic mass is 9.95. The molecule has 1 unspecified atom stereocenters. The van der Waals surface area contributed by atoms with Gasteiger partial charge in [0, 0.05) is 12.1 Å². The zero-order chi connectivity index (χ0) is 12.1. The normalized spacial score (nSPS) is 13.1. The Bertz CT molecular complexity index is 316. The Morgan fingerprint density at radius 2 is 1.69 bits per heavy atom. The molecule has 1 nitrogen and oxygen atoms in total. The smallest absolute Gasteiger partial charge is 0.126 e. The largest absolute Gasteiger partial charge is 0.310 e. The van der Waals surface area contributed by atoms with E-state index in [9.17, 15) is 8.78 Å². The lowest BCUT2D eigenvalue weighted by Crippen LogP contribution is -2.26. The van der Waals surface area contributed by atoms with Crippen LogP contribution in [0.1, 0.15) is 38.8 Å². The Hall–Kier alpha value is -0.960. The van der Waals surface area contributed by atoms with Crippen LogP contribution in [0.2, 0.25) is 0 Å². The minimum Gasteiger partial charge on any atom is -0.310 e. The van der Waals surface area contributed by atoms with Gasteiger partial charge in [-0.3, -0.25) is 0 Å². The molecule has 0 spiro atoms. The molecule has 0 saturated carbocycles. The van der Waals surface area contributed by atoms with Crippen molar-refractivity contribution in [1.29, 1.82) is 0 Å². The molecule has 1 atom stereocenters. The van der Waals surface area contributed by atoms with Gasteiger partial charge in [0.05, 0.1) is 0 Å². The first-order valence-corrected chi connectivity index (χ1v) is 5.74. The van der Waals surface area contributed by atoms with Gasteiger partial charge < -0.3 is 5.32 Å². The molecule has 1 rings (SSSR count). The van der Waals surface area contributed by atoms with Crippen molar-refractivity contribution in [1.82, 2.24) is 5.32 Å². The fourth-order valence-corrected chi connectivity index (χ4v) is 1.79. The van der Waals surface area contributed by atoms with Crippen LogP contribution in [-0.2, 0) is 0 Å². The predicted molar refractivity (Wildman–Crippen MR) is 62.2 cm³/mol. The monoisotopic (exact) mass is 227 g/mol. The van der Waals surface area contributed by atoms with Gasteiger partial charge in [-0.25, -0.2) is 8.78 Å². The Kier molecular flexibility index (Phi) is 4.87. The molecule has 1 aromatic carbocycles. The van der Waals surface area contributed by atoms with E-state index in [0.717, 1.165) is 19.0 Å². The maximum Gasteiger partial charge on any atom is 0.126 e. The van der Waals surface area contributed by atoms with E-state index in [-0.39, 0.29) is 6.04 Å². The third-order valence-corrected chi connectivity index (χ3v) is 2.52. The molecule has 0 saturated heterocycles. The summed E-state index contributed by atoms with van der Waals surface area (Å²) in [5.41, 5.74) is 0.681. The van der Waals surface area contributed by atoms with Gasteiger partial charge in [0.15, 0.2) is 0 Å². The predicted octanol–water partition coefficient (Wildman–Crippen LogP) is 3.66. The Labute approximate surface area is 95.9 Å². The SMILES string of the molecule is CCCNC(c1cc(F)cc(F)c1)C(C)C. The highest BCUT2D eigenvalue weighted by molar-refractivity contribution is 5.21.